The first-order valence-corrected chi connectivity index (χ1v) is 8.65. The Morgan fingerprint density at radius 2 is 2.00 bits per heavy atom. The maximum absolute atomic E-state index is 13.3. The summed E-state index contributed by atoms with van der Waals surface area (Å²) in [7, 11) is 0. The summed E-state index contributed by atoms with van der Waals surface area (Å²) < 4.78 is 31.1. The lowest BCUT2D eigenvalue weighted by Gasteiger charge is -2.13. The minimum atomic E-state index is -0.904. The number of benzene rings is 1. The van der Waals surface area contributed by atoms with E-state index in [9.17, 15) is 23.5 Å². The van der Waals surface area contributed by atoms with Gasteiger partial charge in [-0.05, 0) is 30.7 Å². The van der Waals surface area contributed by atoms with Crippen LogP contribution in [0.4, 0.5) is 8.78 Å². The summed E-state index contributed by atoms with van der Waals surface area (Å²) >= 11 is 5.55. The standard InChI is InChI=1S/C18H18ClF2N3O4/c19-14-3-2-13(7-15(14)21)28-10-17(26)24-9-12(25)5-6-22-18(27)16-4-1-11(20)8-23-16/h1-4,7-8,12,25H,5-6,9-10H2,(H,22,27)(H,24,26). The SMILES string of the molecule is O=C(COc1ccc(Cl)c(F)c1)NCC(O)CCNC(=O)c1ccc(F)cn1. The molecule has 0 bridgehead atoms. The summed E-state index contributed by atoms with van der Waals surface area (Å²) in [6.45, 7) is -0.280. The average molecular weight is 414 g/mol. The molecule has 0 aliphatic heterocycles. The number of carbonyl (C=O) groups excluding carboxylic acids is 2. The minimum Gasteiger partial charge on any atom is -0.484 e. The number of hydrogen-bond acceptors (Lipinski definition) is 5. The van der Waals surface area contributed by atoms with Gasteiger partial charge < -0.3 is 20.5 Å². The molecule has 0 fully saturated rings. The summed E-state index contributed by atoms with van der Waals surface area (Å²) in [4.78, 5) is 27.1. The molecular formula is C18H18ClF2N3O4. The Morgan fingerprint density at radius 1 is 1.21 bits per heavy atom. The first-order chi connectivity index (χ1) is 13.3. The monoisotopic (exact) mass is 413 g/mol. The van der Waals surface area contributed by atoms with Crippen molar-refractivity contribution in [3.05, 3.63) is 58.9 Å². The van der Waals surface area contributed by atoms with Gasteiger partial charge in [-0.3, -0.25) is 9.59 Å². The minimum absolute atomic E-state index is 0.0535. The molecule has 0 saturated carbocycles. The summed E-state index contributed by atoms with van der Waals surface area (Å²) in [5, 5.41) is 14.8. The smallest absolute Gasteiger partial charge is 0.269 e. The third-order valence-corrected chi connectivity index (χ3v) is 3.83. The van der Waals surface area contributed by atoms with Crippen LogP contribution in [0.1, 0.15) is 16.9 Å². The highest BCUT2D eigenvalue weighted by Gasteiger charge is 2.11. The van der Waals surface area contributed by atoms with Crippen LogP contribution >= 0.6 is 11.6 Å². The van der Waals surface area contributed by atoms with Gasteiger partial charge in [0.2, 0.25) is 0 Å². The van der Waals surface area contributed by atoms with Crippen molar-refractivity contribution in [2.75, 3.05) is 19.7 Å². The molecule has 1 aromatic heterocycles. The van der Waals surface area contributed by atoms with E-state index in [0.29, 0.717) is 0 Å². The van der Waals surface area contributed by atoms with Crippen molar-refractivity contribution >= 4 is 23.4 Å². The number of hydrogen-bond donors (Lipinski definition) is 3. The molecule has 150 valence electrons. The van der Waals surface area contributed by atoms with Crippen LogP contribution in [0.25, 0.3) is 0 Å². The number of halogens is 3. The Morgan fingerprint density at radius 3 is 2.68 bits per heavy atom. The molecule has 0 spiro atoms. The summed E-state index contributed by atoms with van der Waals surface area (Å²) in [5.41, 5.74) is 0.0555. The molecule has 0 saturated heterocycles. The van der Waals surface area contributed by atoms with Gasteiger partial charge in [0.15, 0.2) is 6.61 Å². The Labute approximate surface area is 164 Å². The molecule has 3 N–H and O–H groups in total. The lowest BCUT2D eigenvalue weighted by atomic mass is 10.2. The van der Waals surface area contributed by atoms with Crippen molar-refractivity contribution < 1.29 is 28.2 Å². The van der Waals surface area contributed by atoms with E-state index in [1.165, 1.54) is 18.2 Å². The molecule has 0 aliphatic rings. The van der Waals surface area contributed by atoms with Crippen LogP contribution < -0.4 is 15.4 Å². The summed E-state index contributed by atoms with van der Waals surface area (Å²) in [6.07, 6.45) is 0.203. The predicted octanol–water partition coefficient (Wildman–Crippen LogP) is 1.69. The number of aliphatic hydroxyl groups excluding tert-OH is 1. The van der Waals surface area contributed by atoms with Crippen LogP contribution in [0.2, 0.25) is 5.02 Å². The van der Waals surface area contributed by atoms with E-state index >= 15 is 0 Å². The van der Waals surface area contributed by atoms with Gasteiger partial charge in [0.05, 0.1) is 17.3 Å². The number of nitrogens with zero attached hydrogens (tertiary/aromatic N) is 1. The van der Waals surface area contributed by atoms with E-state index < -0.39 is 29.6 Å². The third kappa shape index (κ3) is 7.09. The molecule has 2 aromatic rings. The normalized spacial score (nSPS) is 11.6. The van der Waals surface area contributed by atoms with Crippen LogP contribution in [0.3, 0.4) is 0 Å². The van der Waals surface area contributed by atoms with Gasteiger partial charge in [-0.15, -0.1) is 0 Å². The molecule has 2 amide bonds. The van der Waals surface area contributed by atoms with Gasteiger partial charge in [-0.1, -0.05) is 11.6 Å². The molecule has 7 nitrogen and oxygen atoms in total. The van der Waals surface area contributed by atoms with Crippen LogP contribution in [0.5, 0.6) is 5.75 Å². The zero-order valence-electron chi connectivity index (χ0n) is 14.6. The van der Waals surface area contributed by atoms with Crippen LogP contribution in [-0.2, 0) is 4.79 Å². The maximum atomic E-state index is 13.3. The van der Waals surface area contributed by atoms with E-state index in [1.807, 2.05) is 0 Å². The van der Waals surface area contributed by atoms with Crippen LogP contribution in [0.15, 0.2) is 36.5 Å². The lowest BCUT2D eigenvalue weighted by Crippen LogP contribution is -2.37. The molecule has 2 rings (SSSR count). The Balaban J connectivity index is 1.62. The van der Waals surface area contributed by atoms with Crippen molar-refractivity contribution in [3.8, 4) is 5.75 Å². The highest BCUT2D eigenvalue weighted by Crippen LogP contribution is 2.20. The molecule has 1 aromatic carbocycles. The van der Waals surface area contributed by atoms with Crippen molar-refractivity contribution in [1.29, 1.82) is 0 Å². The Bertz CT molecular complexity index is 821. The Hall–Kier alpha value is -2.78. The molecular weight excluding hydrogens is 396 g/mol. The van der Waals surface area contributed by atoms with Gasteiger partial charge in [-0.25, -0.2) is 13.8 Å². The zero-order chi connectivity index (χ0) is 20.5. The largest absolute Gasteiger partial charge is 0.484 e. The maximum Gasteiger partial charge on any atom is 0.269 e. The Kier molecular flexibility index (Phi) is 8.09. The first kappa shape index (κ1) is 21.5. The van der Waals surface area contributed by atoms with Crippen LogP contribution in [0, 0.1) is 11.6 Å². The van der Waals surface area contributed by atoms with E-state index in [1.54, 1.807) is 0 Å². The molecule has 0 radical (unpaired) electrons. The van der Waals surface area contributed by atoms with Crippen molar-refractivity contribution in [1.82, 2.24) is 15.6 Å². The molecule has 10 heteroatoms. The highest BCUT2D eigenvalue weighted by molar-refractivity contribution is 6.30. The first-order valence-electron chi connectivity index (χ1n) is 8.27. The zero-order valence-corrected chi connectivity index (χ0v) is 15.4. The molecule has 1 heterocycles. The van der Waals surface area contributed by atoms with Gasteiger partial charge in [-0.2, -0.15) is 0 Å². The van der Waals surface area contributed by atoms with E-state index in [2.05, 4.69) is 15.6 Å². The van der Waals surface area contributed by atoms with Gasteiger partial charge in [0, 0.05) is 19.2 Å². The van der Waals surface area contributed by atoms with E-state index in [0.717, 1.165) is 18.3 Å². The second kappa shape index (κ2) is 10.5. The number of pyridine rings is 1. The second-order valence-corrected chi connectivity index (χ2v) is 6.14. The van der Waals surface area contributed by atoms with Crippen molar-refractivity contribution in [3.63, 3.8) is 0 Å². The second-order valence-electron chi connectivity index (χ2n) is 5.73. The van der Waals surface area contributed by atoms with Crippen LogP contribution in [-0.4, -0.2) is 47.7 Å². The number of rotatable bonds is 9. The van der Waals surface area contributed by atoms with Crippen molar-refractivity contribution in [2.45, 2.75) is 12.5 Å². The van der Waals surface area contributed by atoms with Gasteiger partial charge in [0.1, 0.15) is 23.1 Å². The lowest BCUT2D eigenvalue weighted by molar-refractivity contribution is -0.123. The summed E-state index contributed by atoms with van der Waals surface area (Å²) in [5.74, 6) is -2.07. The number of ether oxygens (including phenoxy) is 1. The number of carbonyl (C=O) groups is 2. The fourth-order valence-electron chi connectivity index (χ4n) is 2.05. The molecule has 28 heavy (non-hydrogen) atoms. The number of aliphatic hydroxyl groups is 1. The van der Waals surface area contributed by atoms with E-state index in [4.69, 9.17) is 16.3 Å². The fourth-order valence-corrected chi connectivity index (χ4v) is 2.17. The summed E-state index contributed by atoms with van der Waals surface area (Å²) in [6, 6.07) is 6.15. The predicted molar refractivity (Wildman–Crippen MR) is 97.1 cm³/mol. The topological polar surface area (TPSA) is 101 Å². The average Bonchev–Trinajstić information content (AvgIpc) is 2.67. The van der Waals surface area contributed by atoms with E-state index in [-0.39, 0.29) is 42.6 Å². The fraction of sp³-hybridized carbons (Fsp3) is 0.278. The third-order valence-electron chi connectivity index (χ3n) is 3.52. The molecule has 1 atom stereocenters. The number of nitrogens with one attached hydrogen (secondary N) is 2. The highest BCUT2D eigenvalue weighted by atomic mass is 35.5. The van der Waals surface area contributed by atoms with Gasteiger partial charge in [0.25, 0.3) is 11.8 Å². The van der Waals surface area contributed by atoms with Gasteiger partial charge >= 0.3 is 0 Å². The number of aromatic nitrogens is 1. The molecule has 1 unspecified atom stereocenters. The quantitative estimate of drug-likeness (QED) is 0.581. The van der Waals surface area contributed by atoms with Crippen molar-refractivity contribution in [2.24, 2.45) is 0 Å². The number of amides is 2. The molecule has 0 aliphatic carbocycles.